The molecule has 7 nitrogen and oxygen atoms in total. The van der Waals surface area contributed by atoms with Crippen LogP contribution in [0.2, 0.25) is 0 Å². The number of aromatic nitrogens is 4. The monoisotopic (exact) mass is 360 g/mol. The average molecular weight is 360 g/mol. The minimum absolute atomic E-state index is 0.0636. The van der Waals surface area contributed by atoms with E-state index in [0.29, 0.717) is 11.8 Å². The average Bonchev–Trinajstić information content (AvgIpc) is 3.01. The zero-order valence-corrected chi connectivity index (χ0v) is 14.5. The lowest BCUT2D eigenvalue weighted by Gasteiger charge is -2.12. The number of hydrogen-bond acceptors (Lipinski definition) is 6. The maximum Gasteiger partial charge on any atom is 0.229 e. The van der Waals surface area contributed by atoms with Crippen molar-refractivity contribution >= 4 is 17.5 Å². The predicted octanol–water partition coefficient (Wildman–Crippen LogP) is 3.16. The number of rotatable bonds is 6. The van der Waals surface area contributed by atoms with Crippen molar-refractivity contribution in [1.29, 1.82) is 0 Å². The normalized spacial score (nSPS) is 10.7. The van der Waals surface area contributed by atoms with E-state index in [0.717, 1.165) is 23.4 Å². The molecule has 0 spiro atoms. The van der Waals surface area contributed by atoms with Crippen LogP contribution >= 0.6 is 0 Å². The third kappa shape index (κ3) is 3.88. The number of ether oxygens (including phenoxy) is 1. The minimum atomic E-state index is -0.685. The summed E-state index contributed by atoms with van der Waals surface area (Å²) in [6.45, 7) is 1.74. The highest BCUT2D eigenvalue weighted by atomic mass is 19.1. The highest BCUT2D eigenvalue weighted by Gasteiger charge is 2.13. The van der Waals surface area contributed by atoms with Gasteiger partial charge in [0, 0.05) is 49.2 Å². The largest absolute Gasteiger partial charge is 0.497 e. The molecule has 1 aromatic carbocycles. The molecule has 0 atom stereocenters. The van der Waals surface area contributed by atoms with E-state index in [2.05, 4.69) is 25.7 Å². The van der Waals surface area contributed by atoms with Gasteiger partial charge in [-0.25, -0.2) is 13.8 Å². The van der Waals surface area contributed by atoms with Gasteiger partial charge < -0.3 is 15.4 Å². The molecule has 0 saturated carbocycles. The van der Waals surface area contributed by atoms with E-state index in [1.807, 2.05) is 0 Å². The summed E-state index contributed by atoms with van der Waals surface area (Å²) in [5.41, 5.74) is 1.39. The minimum Gasteiger partial charge on any atom is -0.497 e. The van der Waals surface area contributed by atoms with Crippen LogP contribution < -0.4 is 15.4 Å². The first-order valence-electron chi connectivity index (χ1n) is 7.81. The molecule has 0 amide bonds. The second-order valence-corrected chi connectivity index (χ2v) is 5.68. The number of benzene rings is 1. The molecule has 9 heteroatoms. The first-order valence-corrected chi connectivity index (χ1v) is 7.81. The smallest absolute Gasteiger partial charge is 0.229 e. The molecule has 26 heavy (non-hydrogen) atoms. The fourth-order valence-corrected chi connectivity index (χ4v) is 2.33. The van der Waals surface area contributed by atoms with Crippen LogP contribution in [0, 0.1) is 18.6 Å². The van der Waals surface area contributed by atoms with E-state index in [1.165, 1.54) is 7.11 Å². The summed E-state index contributed by atoms with van der Waals surface area (Å²) < 4.78 is 34.6. The highest BCUT2D eigenvalue weighted by Crippen LogP contribution is 2.22. The van der Waals surface area contributed by atoms with Gasteiger partial charge in [0.05, 0.1) is 19.0 Å². The van der Waals surface area contributed by atoms with Crippen molar-refractivity contribution in [3.8, 4) is 5.75 Å². The molecule has 0 aliphatic rings. The van der Waals surface area contributed by atoms with Gasteiger partial charge in [-0.15, -0.1) is 0 Å². The van der Waals surface area contributed by atoms with Crippen molar-refractivity contribution in [1.82, 2.24) is 19.7 Å². The third-order valence-corrected chi connectivity index (χ3v) is 3.72. The summed E-state index contributed by atoms with van der Waals surface area (Å²) in [5, 5.41) is 10.0. The van der Waals surface area contributed by atoms with E-state index in [-0.39, 0.29) is 17.9 Å². The topological polar surface area (TPSA) is 76.9 Å². The summed E-state index contributed by atoms with van der Waals surface area (Å²) in [5.74, 6) is -0.419. The molecule has 2 aromatic heterocycles. The van der Waals surface area contributed by atoms with Crippen LogP contribution in [-0.4, -0.2) is 26.9 Å². The SMILES string of the molecule is COc1cc(F)c(CNc2nc(Nc3cnn(C)c3)ncc2C)c(F)c1. The second-order valence-electron chi connectivity index (χ2n) is 5.68. The van der Waals surface area contributed by atoms with Crippen LogP contribution in [0.15, 0.2) is 30.7 Å². The van der Waals surface area contributed by atoms with E-state index in [9.17, 15) is 8.78 Å². The molecule has 2 heterocycles. The number of hydrogen-bond donors (Lipinski definition) is 2. The molecule has 0 bridgehead atoms. The molecule has 0 fully saturated rings. The van der Waals surface area contributed by atoms with Crippen LogP contribution in [0.25, 0.3) is 0 Å². The van der Waals surface area contributed by atoms with Crippen LogP contribution in [0.4, 0.5) is 26.2 Å². The molecule has 3 rings (SSSR count). The van der Waals surface area contributed by atoms with Crippen LogP contribution in [0.5, 0.6) is 5.75 Å². The number of halogens is 2. The Morgan fingerprint density at radius 3 is 2.54 bits per heavy atom. The Hall–Kier alpha value is -3.23. The summed E-state index contributed by atoms with van der Waals surface area (Å²) in [6, 6.07) is 2.28. The molecular formula is C17H18F2N6O. The lowest BCUT2D eigenvalue weighted by atomic mass is 10.2. The Balaban J connectivity index is 1.76. The fourth-order valence-electron chi connectivity index (χ4n) is 2.33. The molecular weight excluding hydrogens is 342 g/mol. The predicted molar refractivity (Wildman–Crippen MR) is 93.5 cm³/mol. The molecule has 0 aliphatic carbocycles. The van der Waals surface area contributed by atoms with Gasteiger partial charge in [-0.05, 0) is 6.92 Å². The van der Waals surface area contributed by atoms with Gasteiger partial charge in [-0.1, -0.05) is 0 Å². The van der Waals surface area contributed by atoms with Gasteiger partial charge in [0.15, 0.2) is 0 Å². The summed E-state index contributed by atoms with van der Waals surface area (Å²) in [6.07, 6.45) is 5.03. The van der Waals surface area contributed by atoms with Crippen molar-refractivity contribution in [3.63, 3.8) is 0 Å². The number of nitrogens with one attached hydrogen (secondary N) is 2. The number of anilines is 3. The summed E-state index contributed by atoms with van der Waals surface area (Å²) in [4.78, 5) is 8.54. The van der Waals surface area contributed by atoms with Gasteiger partial charge in [-0.2, -0.15) is 10.1 Å². The standard InChI is InChI=1S/C17H18F2N6O/c1-10-6-21-17(23-11-7-22-25(2)9-11)24-16(10)20-8-13-14(18)4-12(26-3)5-15(13)19/h4-7,9H,8H2,1-3H3,(H2,20,21,23,24). The summed E-state index contributed by atoms with van der Waals surface area (Å²) >= 11 is 0. The van der Waals surface area contributed by atoms with Gasteiger partial charge in [-0.3, -0.25) is 4.68 Å². The molecule has 0 radical (unpaired) electrons. The van der Waals surface area contributed by atoms with Gasteiger partial charge in [0.2, 0.25) is 5.95 Å². The first-order chi connectivity index (χ1) is 12.5. The van der Waals surface area contributed by atoms with Crippen molar-refractivity contribution in [3.05, 3.63) is 53.5 Å². The van der Waals surface area contributed by atoms with Crippen molar-refractivity contribution in [2.75, 3.05) is 17.7 Å². The Morgan fingerprint density at radius 2 is 1.92 bits per heavy atom. The van der Waals surface area contributed by atoms with Crippen LogP contribution in [-0.2, 0) is 13.6 Å². The molecule has 3 aromatic rings. The molecule has 0 saturated heterocycles. The maximum atomic E-state index is 14.1. The number of nitrogens with zero attached hydrogens (tertiary/aromatic N) is 4. The zero-order valence-electron chi connectivity index (χ0n) is 14.5. The van der Waals surface area contributed by atoms with Crippen LogP contribution in [0.3, 0.4) is 0 Å². The number of aryl methyl sites for hydroxylation is 2. The quantitative estimate of drug-likeness (QED) is 0.703. The van der Waals surface area contributed by atoms with E-state index in [4.69, 9.17) is 4.74 Å². The van der Waals surface area contributed by atoms with Gasteiger partial charge in [0.1, 0.15) is 23.2 Å². The van der Waals surface area contributed by atoms with Gasteiger partial charge >= 0.3 is 0 Å². The lowest BCUT2D eigenvalue weighted by Crippen LogP contribution is -2.09. The Morgan fingerprint density at radius 1 is 1.19 bits per heavy atom. The third-order valence-electron chi connectivity index (χ3n) is 3.72. The summed E-state index contributed by atoms with van der Waals surface area (Å²) in [7, 11) is 3.15. The molecule has 2 N–H and O–H groups in total. The van der Waals surface area contributed by atoms with Crippen LogP contribution in [0.1, 0.15) is 11.1 Å². The Bertz CT molecular complexity index is 904. The van der Waals surface area contributed by atoms with Crippen molar-refractivity contribution in [2.24, 2.45) is 7.05 Å². The molecule has 0 aliphatic heterocycles. The first kappa shape index (κ1) is 17.6. The van der Waals surface area contributed by atoms with E-state index < -0.39 is 11.6 Å². The maximum absolute atomic E-state index is 14.1. The molecule has 0 unspecified atom stereocenters. The zero-order chi connectivity index (χ0) is 18.7. The number of methoxy groups -OCH3 is 1. The van der Waals surface area contributed by atoms with E-state index >= 15 is 0 Å². The fraction of sp³-hybridized carbons (Fsp3) is 0.235. The Labute approximate surface area is 149 Å². The molecule has 136 valence electrons. The lowest BCUT2D eigenvalue weighted by molar-refractivity contribution is 0.405. The van der Waals surface area contributed by atoms with E-state index in [1.54, 1.807) is 37.2 Å². The van der Waals surface area contributed by atoms with Crippen molar-refractivity contribution in [2.45, 2.75) is 13.5 Å². The highest BCUT2D eigenvalue weighted by molar-refractivity contribution is 5.54. The Kier molecular flexibility index (Phi) is 4.97. The van der Waals surface area contributed by atoms with Crippen molar-refractivity contribution < 1.29 is 13.5 Å². The second kappa shape index (κ2) is 7.34. The van der Waals surface area contributed by atoms with Gasteiger partial charge in [0.25, 0.3) is 0 Å².